The van der Waals surface area contributed by atoms with Crippen LogP contribution in [0.1, 0.15) is 13.8 Å². The molecule has 53 heavy (non-hydrogen) atoms. The van der Waals surface area contributed by atoms with Crippen LogP contribution in [-0.2, 0) is 0 Å². The van der Waals surface area contributed by atoms with Crippen LogP contribution < -0.4 is 9.47 Å². The van der Waals surface area contributed by atoms with Crippen molar-refractivity contribution in [1.82, 2.24) is 9.97 Å². The number of hydrogen-bond donors (Lipinski definition) is 0. The average Bonchev–Trinajstić information content (AvgIpc) is 3.33. The summed E-state index contributed by atoms with van der Waals surface area (Å²) in [6, 6.07) is 55.7. The second-order valence-electron chi connectivity index (χ2n) is 13.8. The molecule has 0 atom stereocenters. The van der Waals surface area contributed by atoms with Gasteiger partial charge < -0.3 is 9.47 Å². The Balaban J connectivity index is 1.21. The Kier molecular flexibility index (Phi) is 8.13. The maximum atomic E-state index is 6.57. The van der Waals surface area contributed by atoms with Crippen LogP contribution in [0.4, 0.5) is 0 Å². The summed E-state index contributed by atoms with van der Waals surface area (Å²) < 4.78 is 13.1. The molecular formula is C49H36N2O2. The molecule has 0 N–H and O–H groups in total. The summed E-state index contributed by atoms with van der Waals surface area (Å²) in [5.41, 5.74) is 15.3. The van der Waals surface area contributed by atoms with Crippen LogP contribution in [0.5, 0.6) is 11.5 Å². The number of benzene rings is 6. The van der Waals surface area contributed by atoms with Gasteiger partial charge in [-0.25, -0.2) is 0 Å². The van der Waals surface area contributed by atoms with Crippen LogP contribution in [0, 0.1) is 0 Å². The number of pyridine rings is 2. The van der Waals surface area contributed by atoms with Gasteiger partial charge in [0.05, 0.1) is 0 Å². The van der Waals surface area contributed by atoms with Crippen LogP contribution in [0.2, 0.25) is 0 Å². The highest BCUT2D eigenvalue weighted by molar-refractivity contribution is 5.88. The number of aromatic nitrogens is 2. The molecule has 4 heteroatoms. The minimum Gasteiger partial charge on any atom is -0.452 e. The lowest BCUT2D eigenvalue weighted by atomic mass is 9.90. The number of rotatable bonds is 6. The summed E-state index contributed by atoms with van der Waals surface area (Å²) in [5.74, 6) is 0.677. The van der Waals surface area contributed by atoms with Gasteiger partial charge in [-0.05, 0) is 128 Å². The fourth-order valence-electron chi connectivity index (χ4n) is 7.15. The molecule has 4 nitrogen and oxygen atoms in total. The van der Waals surface area contributed by atoms with Gasteiger partial charge in [-0.2, -0.15) is 0 Å². The highest BCUT2D eigenvalue weighted by Crippen LogP contribution is 2.47. The molecule has 1 aliphatic heterocycles. The zero-order valence-corrected chi connectivity index (χ0v) is 29.5. The van der Waals surface area contributed by atoms with Gasteiger partial charge in [0.2, 0.25) is 5.79 Å². The van der Waals surface area contributed by atoms with E-state index in [1.165, 1.54) is 22.3 Å². The second-order valence-corrected chi connectivity index (χ2v) is 13.8. The van der Waals surface area contributed by atoms with Crippen molar-refractivity contribution in [3.05, 3.63) is 183 Å². The molecule has 6 aromatic carbocycles. The van der Waals surface area contributed by atoms with Gasteiger partial charge in [-0.1, -0.05) is 84.9 Å². The first-order chi connectivity index (χ1) is 26.0. The van der Waals surface area contributed by atoms with Crippen molar-refractivity contribution in [1.29, 1.82) is 0 Å². The van der Waals surface area contributed by atoms with E-state index in [4.69, 9.17) is 9.47 Å². The third kappa shape index (κ3) is 6.59. The first-order valence-electron chi connectivity index (χ1n) is 17.8. The van der Waals surface area contributed by atoms with E-state index in [2.05, 4.69) is 156 Å². The molecule has 0 spiro atoms. The van der Waals surface area contributed by atoms with E-state index in [-0.39, 0.29) is 0 Å². The molecule has 0 saturated carbocycles. The van der Waals surface area contributed by atoms with Crippen molar-refractivity contribution in [2.45, 2.75) is 19.6 Å². The van der Waals surface area contributed by atoms with Gasteiger partial charge in [0.1, 0.15) is 11.5 Å². The number of nitrogens with zero attached hydrogens (tertiary/aromatic N) is 2. The van der Waals surface area contributed by atoms with Crippen molar-refractivity contribution < 1.29 is 9.47 Å². The second kappa shape index (κ2) is 13.4. The molecule has 0 unspecified atom stereocenters. The summed E-state index contributed by atoms with van der Waals surface area (Å²) in [6.07, 6.45) is 7.42. The summed E-state index contributed by atoms with van der Waals surface area (Å²) in [5, 5.41) is 0. The molecule has 1 aliphatic rings. The van der Waals surface area contributed by atoms with Crippen LogP contribution >= 0.6 is 0 Å². The number of ether oxygens (including phenoxy) is 2. The quantitative estimate of drug-likeness (QED) is 0.175. The fraction of sp³-hybridized carbons (Fsp3) is 0.0612. The maximum absolute atomic E-state index is 6.57. The van der Waals surface area contributed by atoms with Gasteiger partial charge in [0.15, 0.2) is 0 Å². The molecule has 2 aromatic heterocycles. The predicted molar refractivity (Wildman–Crippen MR) is 215 cm³/mol. The molecule has 254 valence electrons. The largest absolute Gasteiger partial charge is 0.452 e. The molecule has 0 bridgehead atoms. The molecule has 0 amide bonds. The summed E-state index contributed by atoms with van der Waals surface area (Å²) in [7, 11) is 0. The van der Waals surface area contributed by atoms with E-state index in [0.29, 0.717) is 0 Å². The summed E-state index contributed by atoms with van der Waals surface area (Å²) in [6.45, 7) is 3.92. The molecule has 9 rings (SSSR count). The van der Waals surface area contributed by atoms with Crippen LogP contribution in [-0.4, -0.2) is 15.8 Å². The minimum atomic E-state index is -0.871. The van der Waals surface area contributed by atoms with Crippen LogP contribution in [0.3, 0.4) is 0 Å². The Hall–Kier alpha value is -6.78. The van der Waals surface area contributed by atoms with E-state index in [9.17, 15) is 0 Å². The fourth-order valence-corrected chi connectivity index (χ4v) is 7.15. The van der Waals surface area contributed by atoms with Crippen molar-refractivity contribution in [3.63, 3.8) is 0 Å². The van der Waals surface area contributed by atoms with Gasteiger partial charge in [0.25, 0.3) is 0 Å². The van der Waals surface area contributed by atoms with E-state index in [0.717, 1.165) is 67.1 Å². The molecule has 0 saturated heterocycles. The number of hydrogen-bond acceptors (Lipinski definition) is 4. The standard InChI is InChI=1S/C49H36N2O2/c1-49(2)52-47-19-17-35(41-24-39(33-11-5-3-6-12-33)23-40(25-41)34-13-7-4-8-14-34)29-45(47)46-30-36(18-20-48(46)53-49)42-26-43(37-15-9-21-50-31-37)28-44(27-42)38-16-10-22-51-32-38/h3-32H,1-2H3. The van der Waals surface area contributed by atoms with E-state index >= 15 is 0 Å². The van der Waals surface area contributed by atoms with Crippen molar-refractivity contribution >= 4 is 0 Å². The Morgan fingerprint density at radius 2 is 0.698 bits per heavy atom. The lowest BCUT2D eigenvalue weighted by molar-refractivity contribution is -0.0778. The Labute approximate surface area is 310 Å². The highest BCUT2D eigenvalue weighted by Gasteiger charge is 2.30. The summed E-state index contributed by atoms with van der Waals surface area (Å²) in [4.78, 5) is 8.82. The molecule has 3 heterocycles. The normalized spacial score (nSPS) is 12.8. The SMILES string of the molecule is CC1(C)Oc2ccc(-c3cc(-c4ccccc4)cc(-c4ccccc4)c3)cc2-c2cc(-c3cc(-c4cccnc4)cc(-c4cccnc4)c3)ccc2O1. The van der Waals surface area contributed by atoms with Crippen molar-refractivity contribution in [2.24, 2.45) is 0 Å². The molecule has 0 radical (unpaired) electrons. The maximum Gasteiger partial charge on any atom is 0.245 e. The van der Waals surface area contributed by atoms with Crippen molar-refractivity contribution in [2.75, 3.05) is 0 Å². The zero-order valence-electron chi connectivity index (χ0n) is 29.5. The molecule has 0 fully saturated rings. The highest BCUT2D eigenvalue weighted by atomic mass is 16.7. The third-order valence-electron chi connectivity index (χ3n) is 9.70. The van der Waals surface area contributed by atoms with E-state index in [1.807, 2.05) is 38.4 Å². The Bertz CT molecular complexity index is 2270. The minimum absolute atomic E-state index is 0.772. The Morgan fingerprint density at radius 3 is 1.08 bits per heavy atom. The third-order valence-corrected chi connectivity index (χ3v) is 9.70. The van der Waals surface area contributed by atoms with Crippen LogP contribution in [0.15, 0.2) is 183 Å². The number of fused-ring (bicyclic) bond motifs is 3. The van der Waals surface area contributed by atoms with E-state index in [1.54, 1.807) is 12.4 Å². The first kappa shape index (κ1) is 32.1. The zero-order chi connectivity index (χ0) is 35.8. The van der Waals surface area contributed by atoms with E-state index < -0.39 is 5.79 Å². The first-order valence-corrected chi connectivity index (χ1v) is 17.8. The molecule has 0 aliphatic carbocycles. The van der Waals surface area contributed by atoms with Gasteiger partial charge in [0, 0.05) is 60.9 Å². The van der Waals surface area contributed by atoms with Crippen LogP contribution in [0.25, 0.3) is 77.9 Å². The average molecular weight is 685 g/mol. The Morgan fingerprint density at radius 1 is 0.340 bits per heavy atom. The summed E-state index contributed by atoms with van der Waals surface area (Å²) >= 11 is 0. The van der Waals surface area contributed by atoms with Gasteiger partial charge >= 0.3 is 0 Å². The predicted octanol–water partition coefficient (Wildman–Crippen LogP) is 12.7. The van der Waals surface area contributed by atoms with Gasteiger partial charge in [-0.3, -0.25) is 9.97 Å². The topological polar surface area (TPSA) is 44.2 Å². The molecule has 8 aromatic rings. The molecular weight excluding hydrogens is 649 g/mol. The van der Waals surface area contributed by atoms with Crippen molar-refractivity contribution in [3.8, 4) is 89.4 Å². The van der Waals surface area contributed by atoms with Gasteiger partial charge in [-0.15, -0.1) is 0 Å². The lowest BCUT2D eigenvalue weighted by Gasteiger charge is -2.25. The smallest absolute Gasteiger partial charge is 0.245 e. The lowest BCUT2D eigenvalue weighted by Crippen LogP contribution is -2.34. The monoisotopic (exact) mass is 684 g/mol.